The highest BCUT2D eigenvalue weighted by Gasteiger charge is 2.35. The van der Waals surface area contributed by atoms with Crippen LogP contribution in [-0.4, -0.2) is 46.7 Å². The summed E-state index contributed by atoms with van der Waals surface area (Å²) in [7, 11) is 0. The van der Waals surface area contributed by atoms with Crippen molar-refractivity contribution in [3.8, 4) is 0 Å². The molecule has 0 bridgehead atoms. The highest BCUT2D eigenvalue weighted by atomic mass is 35.5. The van der Waals surface area contributed by atoms with Gasteiger partial charge in [-0.1, -0.05) is 48.0 Å². The first-order valence-corrected chi connectivity index (χ1v) is 10.0. The van der Waals surface area contributed by atoms with Crippen molar-refractivity contribution in [2.45, 2.75) is 37.4 Å². The van der Waals surface area contributed by atoms with Crippen LogP contribution in [0.5, 0.6) is 0 Å². The number of rotatable bonds is 8. The van der Waals surface area contributed by atoms with E-state index in [4.69, 9.17) is 17.3 Å². The summed E-state index contributed by atoms with van der Waals surface area (Å²) in [4.78, 5) is 52.9. The number of pyridine rings is 1. The van der Waals surface area contributed by atoms with Gasteiger partial charge in [-0.2, -0.15) is 0 Å². The lowest BCUT2D eigenvalue weighted by molar-refractivity contribution is -0.138. The number of piperazine rings is 1. The molecule has 1 aliphatic rings. The number of carbonyl (C=O) groups is 4. The summed E-state index contributed by atoms with van der Waals surface area (Å²) in [6, 6.07) is 9.75. The summed E-state index contributed by atoms with van der Waals surface area (Å²) in [5.74, 6) is -2.16. The van der Waals surface area contributed by atoms with Gasteiger partial charge in [-0.05, 0) is 17.2 Å². The van der Waals surface area contributed by atoms with E-state index >= 15 is 0 Å². The van der Waals surface area contributed by atoms with Crippen LogP contribution in [0.4, 0.5) is 0 Å². The molecule has 5 N–H and O–H groups in total. The minimum atomic E-state index is -1.04. The molecule has 2 aromatic rings. The molecule has 1 aliphatic heterocycles. The van der Waals surface area contributed by atoms with E-state index in [1.54, 1.807) is 12.1 Å². The number of halogens is 1. The first kappa shape index (κ1) is 22.2. The topological polar surface area (TPSA) is 143 Å². The molecule has 4 amide bonds. The van der Waals surface area contributed by atoms with E-state index in [1.807, 2.05) is 30.3 Å². The summed E-state index contributed by atoms with van der Waals surface area (Å²) in [6.07, 6.45) is 1.62. The molecule has 2 heterocycles. The third-order valence-corrected chi connectivity index (χ3v) is 5.07. The summed E-state index contributed by atoms with van der Waals surface area (Å²) >= 11 is 5.74. The average Bonchev–Trinajstić information content (AvgIpc) is 2.73. The van der Waals surface area contributed by atoms with Crippen LogP contribution >= 0.6 is 11.6 Å². The number of amides is 4. The van der Waals surface area contributed by atoms with Gasteiger partial charge in [0.2, 0.25) is 23.6 Å². The van der Waals surface area contributed by atoms with Crippen molar-refractivity contribution in [3.63, 3.8) is 0 Å². The first-order chi connectivity index (χ1) is 14.8. The number of nitrogens with one attached hydrogen (secondary N) is 3. The number of carbonyl (C=O) groups excluding carboxylic acids is 4. The van der Waals surface area contributed by atoms with Gasteiger partial charge >= 0.3 is 0 Å². The van der Waals surface area contributed by atoms with E-state index < -0.39 is 35.8 Å². The fourth-order valence-corrected chi connectivity index (χ4v) is 3.35. The van der Waals surface area contributed by atoms with Crippen molar-refractivity contribution in [2.24, 2.45) is 5.73 Å². The van der Waals surface area contributed by atoms with Gasteiger partial charge < -0.3 is 21.7 Å². The lowest BCUT2D eigenvalue weighted by Gasteiger charge is -2.29. The molecule has 1 fully saturated rings. The largest absolute Gasteiger partial charge is 0.368 e. The molecule has 9 nitrogen and oxygen atoms in total. The van der Waals surface area contributed by atoms with E-state index in [0.717, 1.165) is 5.56 Å². The number of aromatic nitrogens is 1. The molecule has 10 heteroatoms. The Bertz CT molecular complexity index is 967. The van der Waals surface area contributed by atoms with Crippen molar-refractivity contribution in [3.05, 3.63) is 64.9 Å². The Balaban J connectivity index is 1.55. The zero-order valence-corrected chi connectivity index (χ0v) is 17.3. The van der Waals surface area contributed by atoms with Crippen LogP contribution in [0.1, 0.15) is 17.5 Å². The molecule has 1 aromatic carbocycles. The van der Waals surface area contributed by atoms with E-state index in [2.05, 4.69) is 20.9 Å². The number of primary amides is 1. The highest BCUT2D eigenvalue weighted by Crippen LogP contribution is 2.10. The van der Waals surface area contributed by atoms with Gasteiger partial charge in [-0.15, -0.1) is 0 Å². The van der Waals surface area contributed by atoms with Crippen LogP contribution in [-0.2, 0) is 32.0 Å². The average molecular weight is 444 g/mol. The molecule has 0 radical (unpaired) electrons. The Morgan fingerprint density at radius 2 is 1.71 bits per heavy atom. The van der Waals surface area contributed by atoms with Crippen molar-refractivity contribution in [1.82, 2.24) is 20.9 Å². The van der Waals surface area contributed by atoms with Crippen LogP contribution < -0.4 is 21.7 Å². The van der Waals surface area contributed by atoms with Gasteiger partial charge in [-0.25, -0.2) is 4.98 Å². The normalized spacial score (nSPS) is 19.1. The maximum atomic E-state index is 12.4. The second kappa shape index (κ2) is 10.0. The number of nitrogens with zero attached hydrogens (tertiary/aromatic N) is 1. The predicted octanol–water partition coefficient (Wildman–Crippen LogP) is -0.136. The molecule has 1 aromatic heterocycles. The SMILES string of the molecule is NC(=O)[C@@H](Cc1ccc(Cl)nc1)NC(=O)C[C@@H]1NC(=O)[C@H](Cc2ccccc2)NC1=O. The fraction of sp³-hybridized carbons (Fsp3) is 0.286. The van der Waals surface area contributed by atoms with Gasteiger partial charge in [-0.3, -0.25) is 19.2 Å². The van der Waals surface area contributed by atoms with Gasteiger partial charge in [0.05, 0.1) is 6.42 Å². The monoisotopic (exact) mass is 443 g/mol. The van der Waals surface area contributed by atoms with Crippen LogP contribution in [0.3, 0.4) is 0 Å². The molecule has 31 heavy (non-hydrogen) atoms. The van der Waals surface area contributed by atoms with Crippen molar-refractivity contribution in [2.75, 3.05) is 0 Å². The number of hydrogen-bond acceptors (Lipinski definition) is 5. The first-order valence-electron chi connectivity index (χ1n) is 9.65. The second-order valence-electron chi connectivity index (χ2n) is 7.23. The molecular weight excluding hydrogens is 422 g/mol. The minimum Gasteiger partial charge on any atom is -0.368 e. The third kappa shape index (κ3) is 6.26. The molecule has 0 spiro atoms. The third-order valence-electron chi connectivity index (χ3n) is 4.85. The molecular formula is C21H22ClN5O4. The Labute approximate surface area is 183 Å². The van der Waals surface area contributed by atoms with Crippen LogP contribution in [0.25, 0.3) is 0 Å². The Morgan fingerprint density at radius 1 is 1.03 bits per heavy atom. The highest BCUT2D eigenvalue weighted by molar-refractivity contribution is 6.29. The van der Waals surface area contributed by atoms with Crippen LogP contribution in [0.2, 0.25) is 5.15 Å². The van der Waals surface area contributed by atoms with Crippen molar-refractivity contribution >= 4 is 35.2 Å². The molecule has 1 saturated heterocycles. The lowest BCUT2D eigenvalue weighted by atomic mass is 10.0. The Morgan fingerprint density at radius 3 is 2.35 bits per heavy atom. The zero-order chi connectivity index (χ0) is 22.4. The number of hydrogen-bond donors (Lipinski definition) is 4. The second-order valence-corrected chi connectivity index (χ2v) is 7.62. The van der Waals surface area contributed by atoms with E-state index in [9.17, 15) is 19.2 Å². The van der Waals surface area contributed by atoms with Crippen LogP contribution in [0.15, 0.2) is 48.7 Å². The van der Waals surface area contributed by atoms with Gasteiger partial charge in [0.25, 0.3) is 0 Å². The quantitative estimate of drug-likeness (QED) is 0.420. The molecule has 162 valence electrons. The molecule has 3 rings (SSSR count). The lowest BCUT2D eigenvalue weighted by Crippen LogP contribution is -2.63. The van der Waals surface area contributed by atoms with Gasteiger partial charge in [0.1, 0.15) is 23.3 Å². The van der Waals surface area contributed by atoms with Crippen molar-refractivity contribution in [1.29, 1.82) is 0 Å². The standard InChI is InChI=1S/C21H22ClN5O4/c22-17-7-6-13(11-24-17)9-14(19(23)29)25-18(28)10-16-21(31)26-15(20(30)27-16)8-12-4-2-1-3-5-12/h1-7,11,14-16H,8-10H2,(H2,23,29)(H,25,28)(H,26,31)(H,27,30)/t14-,15+,16+/m1/s1. The fourth-order valence-electron chi connectivity index (χ4n) is 3.24. The van der Waals surface area contributed by atoms with Crippen molar-refractivity contribution < 1.29 is 19.2 Å². The Kier molecular flexibility index (Phi) is 7.19. The van der Waals surface area contributed by atoms with E-state index in [0.29, 0.717) is 17.1 Å². The summed E-state index contributed by atoms with van der Waals surface area (Å²) in [5, 5.41) is 8.03. The molecule has 0 aliphatic carbocycles. The van der Waals surface area contributed by atoms with E-state index in [-0.39, 0.29) is 18.7 Å². The molecule has 0 saturated carbocycles. The summed E-state index contributed by atoms with van der Waals surface area (Å²) in [6.45, 7) is 0. The summed E-state index contributed by atoms with van der Waals surface area (Å²) < 4.78 is 0. The van der Waals surface area contributed by atoms with Crippen LogP contribution in [0, 0.1) is 0 Å². The van der Waals surface area contributed by atoms with Gasteiger partial charge in [0, 0.05) is 19.0 Å². The van der Waals surface area contributed by atoms with Gasteiger partial charge in [0.15, 0.2) is 0 Å². The molecule has 3 atom stereocenters. The number of benzene rings is 1. The Hall–Kier alpha value is -3.46. The number of nitrogens with two attached hydrogens (primary N) is 1. The summed E-state index contributed by atoms with van der Waals surface area (Å²) in [5.41, 5.74) is 6.94. The maximum Gasteiger partial charge on any atom is 0.243 e. The smallest absolute Gasteiger partial charge is 0.243 e. The maximum absolute atomic E-state index is 12.4. The zero-order valence-electron chi connectivity index (χ0n) is 16.5. The van der Waals surface area contributed by atoms with E-state index in [1.165, 1.54) is 6.20 Å². The molecule has 0 unspecified atom stereocenters. The predicted molar refractivity (Wildman–Crippen MR) is 113 cm³/mol. The minimum absolute atomic E-state index is 0.119.